The second-order valence-electron chi connectivity index (χ2n) is 7.45. The third kappa shape index (κ3) is 2.76. The van der Waals surface area contributed by atoms with Gasteiger partial charge in [-0.3, -0.25) is 0 Å². The zero-order chi connectivity index (χ0) is 20.3. The number of hydrogen-bond donors (Lipinski definition) is 0. The predicted molar refractivity (Wildman–Crippen MR) is 107 cm³/mol. The minimum atomic E-state index is -2.39. The van der Waals surface area contributed by atoms with Crippen molar-refractivity contribution < 1.29 is 8.53 Å². The third-order valence-corrected chi connectivity index (χ3v) is 8.72. The van der Waals surface area contributed by atoms with Crippen LogP contribution in [0.1, 0.15) is 15.4 Å². The van der Waals surface area contributed by atoms with Crippen LogP contribution in [0.15, 0.2) is 47.0 Å². The van der Waals surface area contributed by atoms with E-state index in [-0.39, 0.29) is 0 Å². The normalized spacial score (nSPS) is 14.5. The van der Waals surface area contributed by atoms with Gasteiger partial charge in [-0.25, -0.2) is 0 Å². The van der Waals surface area contributed by atoms with Crippen LogP contribution in [-0.4, -0.2) is 23.2 Å². The second kappa shape index (κ2) is 5.70. The fraction of sp³-hybridized carbons (Fsp3) is 0.238. The van der Waals surface area contributed by atoms with Crippen molar-refractivity contribution in [1.29, 1.82) is 0 Å². The van der Waals surface area contributed by atoms with E-state index >= 15 is 0 Å². The standard InChI is InChI=1S/C21H22GeN2O/c1-13-11-19(23-12-18(13)22(3,4)5)17-8-6-7-15-16-10-9-14(2)24-21(16)25-20(15)17/h6-12H,1-5H3/i1D3. The molecule has 0 unspecified atom stereocenters. The van der Waals surface area contributed by atoms with Gasteiger partial charge in [0.1, 0.15) is 0 Å². The monoisotopic (exact) mass is 395 g/mol. The average Bonchev–Trinajstić information content (AvgIpc) is 2.97. The van der Waals surface area contributed by atoms with Gasteiger partial charge in [0.25, 0.3) is 0 Å². The fourth-order valence-corrected chi connectivity index (χ4v) is 5.97. The van der Waals surface area contributed by atoms with E-state index in [1.165, 1.54) is 0 Å². The summed E-state index contributed by atoms with van der Waals surface area (Å²) in [5.74, 6) is 6.54. The molecule has 0 amide bonds. The molecule has 0 atom stereocenters. The van der Waals surface area contributed by atoms with E-state index in [0.29, 0.717) is 22.6 Å². The van der Waals surface area contributed by atoms with Crippen molar-refractivity contribution in [2.75, 3.05) is 0 Å². The first-order valence-electron chi connectivity index (χ1n) is 9.86. The molecule has 0 saturated carbocycles. The van der Waals surface area contributed by atoms with Crippen LogP contribution >= 0.6 is 0 Å². The van der Waals surface area contributed by atoms with Crippen LogP contribution in [-0.2, 0) is 0 Å². The number of aromatic nitrogens is 2. The molecule has 0 saturated heterocycles. The summed E-state index contributed by atoms with van der Waals surface area (Å²) < 4.78 is 31.1. The first-order chi connectivity index (χ1) is 13.1. The topological polar surface area (TPSA) is 38.9 Å². The maximum absolute atomic E-state index is 8.03. The Bertz CT molecular complexity index is 1210. The SMILES string of the molecule is [2H]C([2H])([2H])c1cc(-c2cccc3c2oc2nc(C)ccc23)nc[c]1[Ge]([CH3])([CH3])[CH3]. The van der Waals surface area contributed by atoms with E-state index in [2.05, 4.69) is 27.2 Å². The summed E-state index contributed by atoms with van der Waals surface area (Å²) in [4.78, 5) is 9.13. The number of para-hydroxylation sites is 1. The van der Waals surface area contributed by atoms with Gasteiger partial charge >= 0.3 is 154 Å². The predicted octanol–water partition coefficient (Wildman–Crippen LogP) is 5.21. The number of pyridine rings is 2. The fourth-order valence-electron chi connectivity index (χ4n) is 3.17. The van der Waals surface area contributed by atoms with Crippen molar-refractivity contribution in [2.24, 2.45) is 0 Å². The second-order valence-corrected chi connectivity index (χ2v) is 18.0. The van der Waals surface area contributed by atoms with Gasteiger partial charge in [0.2, 0.25) is 0 Å². The molecule has 0 fully saturated rings. The Morgan fingerprint density at radius 3 is 2.68 bits per heavy atom. The molecule has 3 nitrogen and oxygen atoms in total. The molecule has 4 aromatic rings. The zero-order valence-electron chi connectivity index (χ0n) is 17.8. The Hall–Kier alpha value is -2.14. The molecule has 126 valence electrons. The van der Waals surface area contributed by atoms with E-state index in [1.807, 2.05) is 37.3 Å². The van der Waals surface area contributed by atoms with Gasteiger partial charge in [-0.05, 0) is 0 Å². The number of hydrogen-bond acceptors (Lipinski definition) is 3. The van der Waals surface area contributed by atoms with Gasteiger partial charge in [-0.1, -0.05) is 0 Å². The molecule has 4 rings (SSSR count). The molecule has 4 heteroatoms. The van der Waals surface area contributed by atoms with Crippen molar-refractivity contribution in [2.45, 2.75) is 31.0 Å². The summed E-state index contributed by atoms with van der Waals surface area (Å²) in [7, 11) is 0. The van der Waals surface area contributed by atoms with Crippen LogP contribution in [0, 0.1) is 13.8 Å². The van der Waals surface area contributed by atoms with Crippen LogP contribution in [0.3, 0.4) is 0 Å². The quantitative estimate of drug-likeness (QED) is 0.439. The van der Waals surface area contributed by atoms with E-state index in [1.54, 1.807) is 12.3 Å². The number of benzene rings is 1. The number of fused-ring (bicyclic) bond motifs is 3. The Morgan fingerprint density at radius 1 is 1.08 bits per heavy atom. The van der Waals surface area contributed by atoms with Gasteiger partial charge in [-0.2, -0.15) is 0 Å². The molecule has 0 N–H and O–H groups in total. The van der Waals surface area contributed by atoms with E-state index in [4.69, 9.17) is 8.53 Å². The van der Waals surface area contributed by atoms with Crippen molar-refractivity contribution in [3.63, 3.8) is 0 Å². The number of rotatable bonds is 2. The van der Waals surface area contributed by atoms with Crippen molar-refractivity contribution in [3.8, 4) is 11.3 Å². The maximum atomic E-state index is 8.03. The Morgan fingerprint density at radius 2 is 1.92 bits per heavy atom. The molecular weight excluding hydrogens is 369 g/mol. The molecule has 0 aliphatic rings. The van der Waals surface area contributed by atoms with Crippen LogP contribution in [0.2, 0.25) is 17.3 Å². The average molecular weight is 394 g/mol. The van der Waals surface area contributed by atoms with Gasteiger partial charge in [0.05, 0.1) is 0 Å². The summed E-state index contributed by atoms with van der Waals surface area (Å²) in [6.07, 6.45) is 1.76. The zero-order valence-corrected chi connectivity index (χ0v) is 16.9. The first kappa shape index (κ1) is 13.1. The molecule has 0 spiro atoms. The van der Waals surface area contributed by atoms with Crippen LogP contribution in [0.5, 0.6) is 0 Å². The summed E-state index contributed by atoms with van der Waals surface area (Å²) in [6, 6.07) is 11.5. The number of nitrogens with zero attached hydrogens (tertiary/aromatic N) is 2. The molecule has 0 aliphatic heterocycles. The van der Waals surface area contributed by atoms with Crippen molar-refractivity contribution in [1.82, 2.24) is 9.97 Å². The number of furan rings is 1. The summed E-state index contributed by atoms with van der Waals surface area (Å²) in [5, 5.41) is 1.90. The summed E-state index contributed by atoms with van der Waals surface area (Å²) >= 11 is -2.39. The van der Waals surface area contributed by atoms with Crippen LogP contribution in [0.4, 0.5) is 0 Å². The van der Waals surface area contributed by atoms with Gasteiger partial charge in [0, 0.05) is 0 Å². The van der Waals surface area contributed by atoms with Gasteiger partial charge in [0.15, 0.2) is 0 Å². The Kier molecular flexibility index (Phi) is 2.99. The molecular formula is C21H22GeN2O. The van der Waals surface area contributed by atoms with E-state index in [9.17, 15) is 0 Å². The van der Waals surface area contributed by atoms with Gasteiger partial charge in [-0.15, -0.1) is 0 Å². The first-order valence-corrected chi connectivity index (χ1v) is 15.7. The Labute approximate surface area is 154 Å². The molecule has 0 aliphatic carbocycles. The van der Waals surface area contributed by atoms with Crippen molar-refractivity contribution >= 4 is 39.7 Å². The third-order valence-electron chi connectivity index (χ3n) is 4.49. The summed E-state index contributed by atoms with van der Waals surface area (Å²) in [5.41, 5.74) is 3.96. The molecule has 0 bridgehead atoms. The molecule has 25 heavy (non-hydrogen) atoms. The molecule has 1 aromatic carbocycles. The van der Waals surface area contributed by atoms with E-state index in [0.717, 1.165) is 26.4 Å². The van der Waals surface area contributed by atoms with Crippen LogP contribution < -0.4 is 4.40 Å². The molecule has 0 radical (unpaired) electrons. The van der Waals surface area contributed by atoms with Crippen molar-refractivity contribution in [3.05, 3.63) is 53.9 Å². The molecule has 3 aromatic heterocycles. The minimum absolute atomic E-state index is 0.409. The Balaban J connectivity index is 1.99. The van der Waals surface area contributed by atoms with Gasteiger partial charge < -0.3 is 0 Å². The van der Waals surface area contributed by atoms with E-state index < -0.39 is 20.1 Å². The van der Waals surface area contributed by atoms with Crippen LogP contribution in [0.25, 0.3) is 33.3 Å². The molecule has 3 heterocycles. The summed E-state index contributed by atoms with van der Waals surface area (Å²) in [6.45, 7) is -0.250. The number of aryl methyl sites for hydroxylation is 2.